The van der Waals surface area contributed by atoms with E-state index >= 15 is 0 Å². The number of carbonyl (C=O) groups is 4. The van der Waals surface area contributed by atoms with Crippen LogP contribution in [0.25, 0.3) is 0 Å². The van der Waals surface area contributed by atoms with Gasteiger partial charge in [0.2, 0.25) is 11.4 Å². The second kappa shape index (κ2) is 9.05. The van der Waals surface area contributed by atoms with Crippen LogP contribution in [0.4, 0.5) is 9.59 Å². The summed E-state index contributed by atoms with van der Waals surface area (Å²) in [7, 11) is 0. The second-order valence-corrected chi connectivity index (χ2v) is 12.0. The Kier molecular flexibility index (Phi) is 6.66. The Morgan fingerprint density at radius 1 is 0.694 bits per heavy atom. The first-order chi connectivity index (χ1) is 16.7. The Balaban J connectivity index is 1.48. The minimum atomic E-state index is -1.33. The van der Waals surface area contributed by atoms with Crippen LogP contribution in [0.15, 0.2) is 0 Å². The largest absolute Gasteiger partial charge is 0.444 e. The number of nitrogens with one attached hydrogen (secondary N) is 2. The lowest BCUT2D eigenvalue weighted by molar-refractivity contribution is -0.263. The lowest BCUT2D eigenvalue weighted by Gasteiger charge is -2.59. The molecule has 0 aromatic heterocycles. The first kappa shape index (κ1) is 26.5. The first-order valence-corrected chi connectivity index (χ1v) is 12.6. The van der Waals surface area contributed by atoms with Gasteiger partial charge in [-0.1, -0.05) is 0 Å². The molecule has 12 nitrogen and oxygen atoms in total. The van der Waals surface area contributed by atoms with Crippen molar-refractivity contribution in [3.05, 3.63) is 0 Å². The Labute approximate surface area is 211 Å². The molecule has 4 rings (SSSR count). The number of ether oxygens (including phenoxy) is 4. The molecule has 0 aliphatic carbocycles. The van der Waals surface area contributed by atoms with Gasteiger partial charge < -0.3 is 29.6 Å². The maximum atomic E-state index is 13.0. The number of carbonyl (C=O) groups excluding carboxylic acids is 4. The molecule has 0 aromatic carbocycles. The molecule has 4 atom stereocenters. The molecule has 0 spiro atoms. The van der Waals surface area contributed by atoms with Crippen molar-refractivity contribution in [3.63, 3.8) is 0 Å². The highest BCUT2D eigenvalue weighted by Crippen LogP contribution is 2.44. The van der Waals surface area contributed by atoms with Crippen LogP contribution in [-0.2, 0) is 28.5 Å². The Morgan fingerprint density at radius 2 is 1.06 bits per heavy atom. The van der Waals surface area contributed by atoms with Crippen LogP contribution in [0, 0.1) is 11.8 Å². The highest BCUT2D eigenvalue weighted by Gasteiger charge is 2.64. The number of nitrogens with zero attached hydrogens (tertiary/aromatic N) is 2. The van der Waals surface area contributed by atoms with Crippen molar-refractivity contribution in [2.24, 2.45) is 11.8 Å². The fourth-order valence-corrected chi connectivity index (χ4v) is 5.30. The average Bonchev–Trinajstić information content (AvgIpc) is 2.70. The molecule has 0 saturated carbocycles. The normalized spacial score (nSPS) is 31.6. The van der Waals surface area contributed by atoms with E-state index in [1.165, 1.54) is 9.80 Å². The van der Waals surface area contributed by atoms with Crippen LogP contribution in [0.5, 0.6) is 0 Å². The number of esters is 2. The summed E-state index contributed by atoms with van der Waals surface area (Å²) in [6, 6.07) is 0. The summed E-state index contributed by atoms with van der Waals surface area (Å²) in [6.07, 6.45) is 0.108. The molecule has 202 valence electrons. The topological polar surface area (TPSA) is 136 Å². The first-order valence-electron chi connectivity index (χ1n) is 12.6. The van der Waals surface area contributed by atoms with Crippen molar-refractivity contribution < 1.29 is 38.1 Å². The average molecular weight is 511 g/mol. The van der Waals surface area contributed by atoms with E-state index in [4.69, 9.17) is 18.9 Å². The number of hydrogen-bond donors (Lipinski definition) is 2. The summed E-state index contributed by atoms with van der Waals surface area (Å²) in [5.41, 5.74) is -4.12. The van der Waals surface area contributed by atoms with Crippen molar-refractivity contribution >= 4 is 24.1 Å². The van der Waals surface area contributed by atoms with Crippen LogP contribution >= 0.6 is 0 Å². The maximum absolute atomic E-state index is 13.0. The molecule has 2 N–H and O–H groups in total. The van der Waals surface area contributed by atoms with Gasteiger partial charge in [-0.2, -0.15) is 0 Å². The standard InChI is InChI=1S/C24H38N4O8/c1-21(2,3)35-19(31)27-11-15-7-9-25-13-23(15,27)33-17(29)18(30)34-24-14-26-10-8-16(24)12-28(24)20(32)36-22(4,5)6/h15-16,25-26H,7-14H2,1-6H3. The molecule has 36 heavy (non-hydrogen) atoms. The van der Waals surface area contributed by atoms with Gasteiger partial charge in [-0.05, 0) is 67.5 Å². The Hall–Kier alpha value is -2.60. The summed E-state index contributed by atoms with van der Waals surface area (Å²) in [4.78, 5) is 54.4. The van der Waals surface area contributed by atoms with E-state index in [-0.39, 0.29) is 24.9 Å². The molecule has 4 heterocycles. The number of amides is 2. The summed E-state index contributed by atoms with van der Waals surface area (Å²) < 4.78 is 22.4. The molecule has 4 saturated heterocycles. The molecule has 4 aliphatic rings. The lowest BCUT2D eigenvalue weighted by atomic mass is 9.79. The zero-order valence-electron chi connectivity index (χ0n) is 22.0. The molecule has 0 bridgehead atoms. The van der Waals surface area contributed by atoms with E-state index in [1.807, 2.05) is 0 Å². The molecule has 4 fully saturated rings. The Bertz CT molecular complexity index is 854. The highest BCUT2D eigenvalue weighted by molar-refractivity contribution is 6.30. The van der Waals surface area contributed by atoms with Gasteiger partial charge in [-0.25, -0.2) is 19.2 Å². The van der Waals surface area contributed by atoms with E-state index in [2.05, 4.69) is 10.6 Å². The minimum absolute atomic E-state index is 0.132. The fourth-order valence-electron chi connectivity index (χ4n) is 5.30. The molecule has 4 unspecified atom stereocenters. The van der Waals surface area contributed by atoms with E-state index in [0.717, 1.165) is 0 Å². The summed E-state index contributed by atoms with van der Waals surface area (Å²) in [6.45, 7) is 13.0. The summed E-state index contributed by atoms with van der Waals surface area (Å²) in [5, 5.41) is 6.28. The van der Waals surface area contributed by atoms with E-state index in [9.17, 15) is 19.2 Å². The molecule has 4 aliphatic heterocycles. The van der Waals surface area contributed by atoms with Crippen LogP contribution in [-0.4, -0.2) is 95.8 Å². The quantitative estimate of drug-likeness (QED) is 0.317. The second-order valence-electron chi connectivity index (χ2n) is 12.0. The van der Waals surface area contributed by atoms with Gasteiger partial charge in [0, 0.05) is 24.9 Å². The van der Waals surface area contributed by atoms with Gasteiger partial charge in [0.1, 0.15) is 11.2 Å². The monoisotopic (exact) mass is 510 g/mol. The maximum Gasteiger partial charge on any atom is 0.419 e. The van der Waals surface area contributed by atoms with E-state index in [0.29, 0.717) is 39.0 Å². The summed E-state index contributed by atoms with van der Waals surface area (Å²) in [5.74, 6) is -2.70. The third-order valence-corrected chi connectivity index (χ3v) is 7.02. The van der Waals surface area contributed by atoms with Crippen LogP contribution < -0.4 is 10.6 Å². The van der Waals surface area contributed by atoms with Gasteiger partial charge in [0.25, 0.3) is 0 Å². The minimum Gasteiger partial charge on any atom is -0.444 e. The predicted molar refractivity (Wildman–Crippen MR) is 125 cm³/mol. The van der Waals surface area contributed by atoms with Gasteiger partial charge in [-0.3, -0.25) is 9.80 Å². The smallest absolute Gasteiger partial charge is 0.419 e. The lowest BCUT2D eigenvalue weighted by Crippen LogP contribution is -2.78. The highest BCUT2D eigenvalue weighted by atomic mass is 16.7. The van der Waals surface area contributed by atoms with Crippen LogP contribution in [0.3, 0.4) is 0 Å². The van der Waals surface area contributed by atoms with Gasteiger partial charge in [0.05, 0.1) is 13.1 Å². The molecule has 2 amide bonds. The van der Waals surface area contributed by atoms with Gasteiger partial charge in [0.15, 0.2) is 0 Å². The number of piperidine rings is 2. The van der Waals surface area contributed by atoms with Crippen LogP contribution in [0.1, 0.15) is 54.4 Å². The van der Waals surface area contributed by atoms with Crippen molar-refractivity contribution in [3.8, 4) is 0 Å². The zero-order valence-corrected chi connectivity index (χ0v) is 22.0. The number of likely N-dealkylation sites (tertiary alicyclic amines) is 2. The van der Waals surface area contributed by atoms with Crippen LogP contribution in [0.2, 0.25) is 0 Å². The van der Waals surface area contributed by atoms with Crippen molar-refractivity contribution in [2.45, 2.75) is 77.0 Å². The zero-order chi connectivity index (χ0) is 26.5. The number of fused-ring (bicyclic) bond motifs is 2. The molecule has 0 aromatic rings. The van der Waals surface area contributed by atoms with E-state index < -0.39 is 46.8 Å². The molecular formula is C24H38N4O8. The fraction of sp³-hybridized carbons (Fsp3) is 0.833. The third-order valence-electron chi connectivity index (χ3n) is 7.02. The number of hydrogen-bond acceptors (Lipinski definition) is 10. The number of rotatable bonds is 2. The molecular weight excluding hydrogens is 472 g/mol. The van der Waals surface area contributed by atoms with Crippen molar-refractivity contribution in [2.75, 3.05) is 39.3 Å². The van der Waals surface area contributed by atoms with Crippen molar-refractivity contribution in [1.29, 1.82) is 0 Å². The van der Waals surface area contributed by atoms with Crippen molar-refractivity contribution in [1.82, 2.24) is 20.4 Å². The SMILES string of the molecule is CC(C)(C)OC(=O)N1CC2CCNCC21OC(=O)C(=O)OC12CNCCC1CN2C(=O)OC(C)(C)C. The molecule has 12 heteroatoms. The predicted octanol–water partition coefficient (Wildman–Crippen LogP) is 1.19. The summed E-state index contributed by atoms with van der Waals surface area (Å²) >= 11 is 0. The van der Waals surface area contributed by atoms with E-state index in [1.54, 1.807) is 41.5 Å². The third kappa shape index (κ3) is 4.84. The molecule has 0 radical (unpaired) electrons. The van der Waals surface area contributed by atoms with Gasteiger partial charge in [-0.15, -0.1) is 0 Å². The van der Waals surface area contributed by atoms with Gasteiger partial charge >= 0.3 is 24.1 Å². The Morgan fingerprint density at radius 3 is 1.36 bits per heavy atom.